The summed E-state index contributed by atoms with van der Waals surface area (Å²) in [5, 5.41) is 0.662. The van der Waals surface area contributed by atoms with Crippen LogP contribution in [0.1, 0.15) is 28.8 Å². The van der Waals surface area contributed by atoms with Crippen LogP contribution in [0.5, 0.6) is 0 Å². The number of rotatable bonds is 4. The van der Waals surface area contributed by atoms with Crippen LogP contribution in [0, 0.1) is 11.7 Å². The number of hydrogen-bond acceptors (Lipinski definition) is 4. The van der Waals surface area contributed by atoms with Crippen LogP contribution in [0.4, 0.5) is 4.39 Å². The third-order valence-corrected chi connectivity index (χ3v) is 5.00. The van der Waals surface area contributed by atoms with Crippen LogP contribution in [-0.2, 0) is 6.42 Å². The molecule has 3 rings (SSSR count). The van der Waals surface area contributed by atoms with Crippen LogP contribution in [0.15, 0.2) is 41.8 Å². The van der Waals surface area contributed by atoms with Crippen LogP contribution in [0.25, 0.3) is 0 Å². The van der Waals surface area contributed by atoms with E-state index >= 15 is 0 Å². The maximum absolute atomic E-state index is 13.8. The van der Waals surface area contributed by atoms with E-state index in [4.69, 9.17) is 0 Å². The number of hydrogen-bond donors (Lipinski definition) is 0. The number of piperidine rings is 1. The summed E-state index contributed by atoms with van der Waals surface area (Å²) in [7, 11) is 0. The molecule has 126 valence electrons. The lowest BCUT2D eigenvalue weighted by Crippen LogP contribution is -2.39. The van der Waals surface area contributed by atoms with E-state index in [2.05, 4.69) is 9.97 Å². The molecule has 1 amide bonds. The molecule has 0 unspecified atom stereocenters. The number of nitrogens with zero attached hydrogens (tertiary/aromatic N) is 3. The molecule has 0 bridgehead atoms. The van der Waals surface area contributed by atoms with Gasteiger partial charge in [0, 0.05) is 25.5 Å². The molecule has 1 aliphatic rings. The Morgan fingerprint density at radius 3 is 2.54 bits per heavy atom. The van der Waals surface area contributed by atoms with Crippen molar-refractivity contribution < 1.29 is 9.18 Å². The lowest BCUT2D eigenvalue weighted by Gasteiger charge is -2.32. The van der Waals surface area contributed by atoms with E-state index in [1.54, 1.807) is 18.5 Å². The average Bonchev–Trinajstić information content (AvgIpc) is 2.64. The lowest BCUT2D eigenvalue weighted by molar-refractivity contribution is 0.0689. The Morgan fingerprint density at radius 2 is 1.92 bits per heavy atom. The van der Waals surface area contributed by atoms with Crippen molar-refractivity contribution in [2.24, 2.45) is 5.92 Å². The van der Waals surface area contributed by atoms with E-state index in [1.165, 1.54) is 17.8 Å². The first-order valence-corrected chi connectivity index (χ1v) is 9.28. The summed E-state index contributed by atoms with van der Waals surface area (Å²) in [6.45, 7) is 1.39. The standard InChI is InChI=1S/C18H20FN3OS/c1-24-18-20-11-15(12-21-18)17(23)22-8-6-13(7-9-22)10-14-4-2-3-5-16(14)19/h2-5,11-13H,6-10H2,1H3. The summed E-state index contributed by atoms with van der Waals surface area (Å²) >= 11 is 1.45. The minimum atomic E-state index is -0.137. The van der Waals surface area contributed by atoms with Gasteiger partial charge in [-0.2, -0.15) is 0 Å². The van der Waals surface area contributed by atoms with E-state index in [1.807, 2.05) is 23.3 Å². The first-order chi connectivity index (χ1) is 11.7. The highest BCUT2D eigenvalue weighted by molar-refractivity contribution is 7.98. The van der Waals surface area contributed by atoms with Gasteiger partial charge in [-0.05, 0) is 43.1 Å². The van der Waals surface area contributed by atoms with Gasteiger partial charge in [-0.3, -0.25) is 4.79 Å². The van der Waals surface area contributed by atoms with Gasteiger partial charge in [-0.15, -0.1) is 0 Å². The number of benzene rings is 1. The van der Waals surface area contributed by atoms with Gasteiger partial charge in [-0.25, -0.2) is 14.4 Å². The average molecular weight is 345 g/mol. The van der Waals surface area contributed by atoms with E-state index in [0.717, 1.165) is 24.8 Å². The molecule has 1 fully saturated rings. The van der Waals surface area contributed by atoms with Crippen LogP contribution < -0.4 is 0 Å². The first kappa shape index (κ1) is 16.9. The second-order valence-electron chi connectivity index (χ2n) is 5.99. The number of likely N-dealkylation sites (tertiary alicyclic amines) is 1. The largest absolute Gasteiger partial charge is 0.339 e. The summed E-state index contributed by atoms with van der Waals surface area (Å²) in [5.41, 5.74) is 1.30. The quantitative estimate of drug-likeness (QED) is 0.629. The zero-order valence-electron chi connectivity index (χ0n) is 13.6. The predicted octanol–water partition coefficient (Wildman–Crippen LogP) is 3.43. The summed E-state index contributed by atoms with van der Waals surface area (Å²) in [5.74, 6) is 0.259. The summed E-state index contributed by atoms with van der Waals surface area (Å²) in [4.78, 5) is 22.7. The minimum Gasteiger partial charge on any atom is -0.339 e. The summed E-state index contributed by atoms with van der Waals surface area (Å²) < 4.78 is 13.8. The molecular formula is C18H20FN3OS. The molecule has 0 saturated carbocycles. The molecule has 0 radical (unpaired) electrons. The number of amides is 1. The maximum Gasteiger partial charge on any atom is 0.256 e. The van der Waals surface area contributed by atoms with Gasteiger partial charge in [0.15, 0.2) is 5.16 Å². The molecular weight excluding hydrogens is 325 g/mol. The van der Waals surface area contributed by atoms with E-state index in [9.17, 15) is 9.18 Å². The number of carbonyl (C=O) groups excluding carboxylic acids is 1. The van der Waals surface area contributed by atoms with Crippen LogP contribution in [0.2, 0.25) is 0 Å². The highest BCUT2D eigenvalue weighted by atomic mass is 32.2. The van der Waals surface area contributed by atoms with Gasteiger partial charge < -0.3 is 4.90 Å². The van der Waals surface area contributed by atoms with Crippen molar-refractivity contribution in [3.63, 3.8) is 0 Å². The lowest BCUT2D eigenvalue weighted by atomic mass is 9.90. The van der Waals surface area contributed by atoms with Crippen molar-refractivity contribution in [1.29, 1.82) is 0 Å². The Hall–Kier alpha value is -1.95. The van der Waals surface area contributed by atoms with Crippen molar-refractivity contribution in [2.75, 3.05) is 19.3 Å². The van der Waals surface area contributed by atoms with Gasteiger partial charge in [0.25, 0.3) is 5.91 Å². The van der Waals surface area contributed by atoms with Crippen LogP contribution in [0.3, 0.4) is 0 Å². The van der Waals surface area contributed by atoms with Crippen LogP contribution in [-0.4, -0.2) is 40.1 Å². The van der Waals surface area contributed by atoms with E-state index in [0.29, 0.717) is 29.7 Å². The van der Waals surface area contributed by atoms with Crippen molar-refractivity contribution in [1.82, 2.24) is 14.9 Å². The monoisotopic (exact) mass is 345 g/mol. The Bertz CT molecular complexity index is 700. The van der Waals surface area contributed by atoms with E-state index in [-0.39, 0.29) is 11.7 Å². The fraction of sp³-hybridized carbons (Fsp3) is 0.389. The second-order valence-corrected chi connectivity index (χ2v) is 6.76. The zero-order valence-corrected chi connectivity index (χ0v) is 14.4. The van der Waals surface area contributed by atoms with E-state index < -0.39 is 0 Å². The molecule has 4 nitrogen and oxygen atoms in total. The number of halogens is 1. The Morgan fingerprint density at radius 1 is 1.25 bits per heavy atom. The molecule has 0 N–H and O–H groups in total. The topological polar surface area (TPSA) is 46.1 Å². The molecule has 2 heterocycles. The molecule has 2 aromatic rings. The molecule has 0 spiro atoms. The van der Waals surface area contributed by atoms with Gasteiger partial charge in [0.1, 0.15) is 5.82 Å². The third-order valence-electron chi connectivity index (χ3n) is 4.43. The fourth-order valence-corrected chi connectivity index (χ4v) is 3.35. The molecule has 1 aromatic heterocycles. The zero-order chi connectivity index (χ0) is 16.9. The molecule has 1 aromatic carbocycles. The van der Waals surface area contributed by atoms with Gasteiger partial charge in [-0.1, -0.05) is 30.0 Å². The van der Waals surface area contributed by atoms with Crippen molar-refractivity contribution in [3.05, 3.63) is 53.6 Å². The molecule has 0 aliphatic carbocycles. The Balaban J connectivity index is 1.56. The highest BCUT2D eigenvalue weighted by Gasteiger charge is 2.24. The first-order valence-electron chi connectivity index (χ1n) is 8.06. The predicted molar refractivity (Wildman–Crippen MR) is 92.5 cm³/mol. The number of thioether (sulfide) groups is 1. The second kappa shape index (κ2) is 7.75. The molecule has 6 heteroatoms. The SMILES string of the molecule is CSc1ncc(C(=O)N2CCC(Cc3ccccc3F)CC2)cn1. The normalized spacial score (nSPS) is 15.5. The smallest absolute Gasteiger partial charge is 0.256 e. The molecule has 0 atom stereocenters. The maximum atomic E-state index is 13.8. The molecule has 24 heavy (non-hydrogen) atoms. The Labute approximate surface area is 145 Å². The van der Waals surface area contributed by atoms with Crippen molar-refractivity contribution in [3.8, 4) is 0 Å². The van der Waals surface area contributed by atoms with Crippen molar-refractivity contribution >= 4 is 17.7 Å². The Kier molecular flexibility index (Phi) is 5.45. The highest BCUT2D eigenvalue weighted by Crippen LogP contribution is 2.24. The number of aromatic nitrogens is 2. The summed E-state index contributed by atoms with van der Waals surface area (Å²) in [6, 6.07) is 6.93. The fourth-order valence-electron chi connectivity index (χ4n) is 3.03. The molecule has 1 aliphatic heterocycles. The van der Waals surface area contributed by atoms with Crippen molar-refractivity contribution in [2.45, 2.75) is 24.4 Å². The van der Waals surface area contributed by atoms with Gasteiger partial charge in [0.05, 0.1) is 5.56 Å². The van der Waals surface area contributed by atoms with Gasteiger partial charge in [0.2, 0.25) is 0 Å². The molecule has 1 saturated heterocycles. The third kappa shape index (κ3) is 3.93. The van der Waals surface area contributed by atoms with Crippen LogP contribution >= 0.6 is 11.8 Å². The summed E-state index contributed by atoms with van der Waals surface area (Å²) in [6.07, 6.45) is 7.60. The number of carbonyl (C=O) groups is 1. The van der Waals surface area contributed by atoms with Gasteiger partial charge >= 0.3 is 0 Å². The minimum absolute atomic E-state index is 0.0213.